The first-order valence-corrected chi connectivity index (χ1v) is 3.29. The SMILES string of the molecule is Cc1cccc(C)c1[B]O. The molecule has 0 aliphatic heterocycles. The van der Waals surface area contributed by atoms with Crippen LogP contribution >= 0.6 is 0 Å². The molecule has 0 amide bonds. The summed E-state index contributed by atoms with van der Waals surface area (Å²) in [5, 5.41) is 8.77. The molecule has 0 heterocycles. The quantitative estimate of drug-likeness (QED) is 0.554. The Labute approximate surface area is 62.0 Å². The molecule has 0 aromatic heterocycles. The molecule has 2 heteroatoms. The van der Waals surface area contributed by atoms with Gasteiger partial charge in [-0.25, -0.2) is 0 Å². The third-order valence-corrected chi connectivity index (χ3v) is 1.67. The van der Waals surface area contributed by atoms with Crippen LogP contribution in [-0.4, -0.2) is 12.5 Å². The highest BCUT2D eigenvalue weighted by molar-refractivity contribution is 6.46. The van der Waals surface area contributed by atoms with E-state index in [-0.39, 0.29) is 0 Å². The summed E-state index contributed by atoms with van der Waals surface area (Å²) in [6.07, 6.45) is 0. The third-order valence-electron chi connectivity index (χ3n) is 1.67. The molecular weight excluding hydrogens is 123 g/mol. The molecule has 1 radical (unpaired) electrons. The third kappa shape index (κ3) is 1.22. The van der Waals surface area contributed by atoms with Crippen LogP contribution in [0.4, 0.5) is 0 Å². The fourth-order valence-corrected chi connectivity index (χ4v) is 1.03. The summed E-state index contributed by atoms with van der Waals surface area (Å²) in [5.41, 5.74) is 3.16. The van der Waals surface area contributed by atoms with Gasteiger partial charge in [0.1, 0.15) is 0 Å². The molecule has 51 valence electrons. The molecule has 10 heavy (non-hydrogen) atoms. The molecule has 0 atom stereocenters. The molecule has 1 aromatic carbocycles. The highest BCUT2D eigenvalue weighted by Gasteiger charge is 2.00. The van der Waals surface area contributed by atoms with E-state index in [0.717, 1.165) is 24.1 Å². The van der Waals surface area contributed by atoms with Crippen LogP contribution in [-0.2, 0) is 0 Å². The smallest absolute Gasteiger partial charge is 0.327 e. The molecule has 1 nitrogen and oxygen atoms in total. The summed E-state index contributed by atoms with van der Waals surface area (Å²) < 4.78 is 0. The van der Waals surface area contributed by atoms with Gasteiger partial charge in [0.25, 0.3) is 0 Å². The summed E-state index contributed by atoms with van der Waals surface area (Å²) in [7, 11) is 1.16. The molecule has 0 unspecified atom stereocenters. The van der Waals surface area contributed by atoms with Gasteiger partial charge < -0.3 is 5.02 Å². The molecular formula is C8H10BO. The molecule has 0 fully saturated rings. The number of benzene rings is 1. The van der Waals surface area contributed by atoms with Crippen molar-refractivity contribution in [3.63, 3.8) is 0 Å². The van der Waals surface area contributed by atoms with Crippen molar-refractivity contribution >= 4 is 12.9 Å². The molecule has 1 aromatic rings. The summed E-state index contributed by atoms with van der Waals surface area (Å²) in [6, 6.07) is 5.95. The van der Waals surface area contributed by atoms with Gasteiger partial charge in [0.05, 0.1) is 0 Å². The van der Waals surface area contributed by atoms with Crippen molar-refractivity contribution in [2.24, 2.45) is 0 Å². The Bertz CT molecular complexity index is 212. The number of aryl methyl sites for hydroxylation is 2. The first-order valence-electron chi connectivity index (χ1n) is 3.29. The average Bonchev–Trinajstić information content (AvgIpc) is 1.88. The monoisotopic (exact) mass is 133 g/mol. The molecule has 0 aliphatic rings. The van der Waals surface area contributed by atoms with Crippen molar-refractivity contribution < 1.29 is 5.02 Å². The Morgan fingerprint density at radius 3 is 2.00 bits per heavy atom. The highest BCUT2D eigenvalue weighted by Crippen LogP contribution is 1.97. The van der Waals surface area contributed by atoms with Gasteiger partial charge in [-0.15, -0.1) is 0 Å². The Balaban J connectivity index is 3.17. The normalized spacial score (nSPS) is 9.50. The lowest BCUT2D eigenvalue weighted by atomic mass is 9.81. The zero-order chi connectivity index (χ0) is 7.56. The maximum absolute atomic E-state index is 8.77. The molecule has 1 N–H and O–H groups in total. The van der Waals surface area contributed by atoms with Crippen LogP contribution < -0.4 is 5.46 Å². The Hall–Kier alpha value is -0.755. The highest BCUT2D eigenvalue weighted by atomic mass is 16.2. The van der Waals surface area contributed by atoms with E-state index in [1.54, 1.807) is 0 Å². The Kier molecular flexibility index (Phi) is 2.12. The van der Waals surface area contributed by atoms with Crippen LogP contribution in [0.3, 0.4) is 0 Å². The van der Waals surface area contributed by atoms with Crippen LogP contribution in [0.1, 0.15) is 11.1 Å². The first-order chi connectivity index (χ1) is 4.75. The average molecular weight is 133 g/mol. The lowest BCUT2D eigenvalue weighted by Crippen LogP contribution is -2.19. The second-order valence-electron chi connectivity index (χ2n) is 2.43. The Morgan fingerprint density at radius 2 is 1.70 bits per heavy atom. The van der Waals surface area contributed by atoms with Gasteiger partial charge in [0.2, 0.25) is 0 Å². The Morgan fingerprint density at radius 1 is 1.20 bits per heavy atom. The second-order valence-corrected chi connectivity index (χ2v) is 2.43. The van der Waals surface area contributed by atoms with Gasteiger partial charge in [-0.05, 0) is 19.3 Å². The maximum Gasteiger partial charge on any atom is 0.327 e. The van der Waals surface area contributed by atoms with Crippen LogP contribution in [0.25, 0.3) is 0 Å². The van der Waals surface area contributed by atoms with E-state index < -0.39 is 0 Å². The minimum Gasteiger partial charge on any atom is -0.450 e. The molecule has 0 spiro atoms. The zero-order valence-corrected chi connectivity index (χ0v) is 6.26. The first kappa shape index (κ1) is 7.35. The predicted molar refractivity (Wildman–Crippen MR) is 43.5 cm³/mol. The van der Waals surface area contributed by atoms with E-state index >= 15 is 0 Å². The van der Waals surface area contributed by atoms with E-state index in [4.69, 9.17) is 5.02 Å². The van der Waals surface area contributed by atoms with E-state index in [1.807, 2.05) is 32.0 Å². The van der Waals surface area contributed by atoms with Crippen molar-refractivity contribution in [3.05, 3.63) is 29.3 Å². The van der Waals surface area contributed by atoms with Crippen LogP contribution in [0.15, 0.2) is 18.2 Å². The van der Waals surface area contributed by atoms with E-state index in [9.17, 15) is 0 Å². The van der Waals surface area contributed by atoms with Gasteiger partial charge in [0.15, 0.2) is 0 Å². The van der Waals surface area contributed by atoms with Crippen LogP contribution in [0.5, 0.6) is 0 Å². The minimum atomic E-state index is 0.933. The van der Waals surface area contributed by atoms with Gasteiger partial charge >= 0.3 is 7.48 Å². The standard InChI is InChI=1S/C8H10BO/c1-6-4-3-5-7(2)8(6)9-10/h3-5,10H,1-2H3. The maximum atomic E-state index is 8.77. The minimum absolute atomic E-state index is 0.933. The molecule has 0 aliphatic carbocycles. The summed E-state index contributed by atoms with van der Waals surface area (Å²) in [6.45, 7) is 3.96. The van der Waals surface area contributed by atoms with Crippen LogP contribution in [0, 0.1) is 13.8 Å². The van der Waals surface area contributed by atoms with Gasteiger partial charge in [-0.1, -0.05) is 29.3 Å². The lowest BCUT2D eigenvalue weighted by Gasteiger charge is -2.03. The topological polar surface area (TPSA) is 20.2 Å². The fraction of sp³-hybridized carbons (Fsp3) is 0.250. The molecule has 0 bridgehead atoms. The van der Waals surface area contributed by atoms with E-state index in [0.29, 0.717) is 0 Å². The molecule has 1 rings (SSSR count). The number of hydrogen-bond acceptors (Lipinski definition) is 1. The van der Waals surface area contributed by atoms with Gasteiger partial charge in [0, 0.05) is 0 Å². The van der Waals surface area contributed by atoms with Crippen LogP contribution in [0.2, 0.25) is 0 Å². The van der Waals surface area contributed by atoms with Crippen molar-refractivity contribution in [2.75, 3.05) is 0 Å². The van der Waals surface area contributed by atoms with E-state index in [1.165, 1.54) is 0 Å². The van der Waals surface area contributed by atoms with E-state index in [2.05, 4.69) is 0 Å². The lowest BCUT2D eigenvalue weighted by molar-refractivity contribution is 0.615. The molecule has 0 saturated heterocycles. The summed E-state index contributed by atoms with van der Waals surface area (Å²) in [4.78, 5) is 0. The summed E-state index contributed by atoms with van der Waals surface area (Å²) in [5.74, 6) is 0. The van der Waals surface area contributed by atoms with Crippen molar-refractivity contribution in [2.45, 2.75) is 13.8 Å². The predicted octanol–water partition coefficient (Wildman–Crippen LogP) is 0.540. The van der Waals surface area contributed by atoms with Crippen molar-refractivity contribution in [1.82, 2.24) is 0 Å². The zero-order valence-electron chi connectivity index (χ0n) is 6.26. The van der Waals surface area contributed by atoms with Gasteiger partial charge in [-0.3, -0.25) is 0 Å². The number of hydrogen-bond donors (Lipinski definition) is 1. The molecule has 0 saturated carbocycles. The van der Waals surface area contributed by atoms with Gasteiger partial charge in [-0.2, -0.15) is 0 Å². The second kappa shape index (κ2) is 2.89. The van der Waals surface area contributed by atoms with Crippen molar-refractivity contribution in [1.29, 1.82) is 0 Å². The largest absolute Gasteiger partial charge is 0.450 e. The fourth-order valence-electron chi connectivity index (χ4n) is 1.03. The summed E-state index contributed by atoms with van der Waals surface area (Å²) >= 11 is 0. The number of rotatable bonds is 1. The van der Waals surface area contributed by atoms with Crippen molar-refractivity contribution in [3.8, 4) is 0 Å².